The molecule has 0 radical (unpaired) electrons. The third-order valence-electron chi connectivity index (χ3n) is 4.48. The molecule has 1 saturated carbocycles. The first-order valence-corrected chi connectivity index (χ1v) is 7.69. The van der Waals surface area contributed by atoms with Crippen molar-refractivity contribution < 1.29 is 9.59 Å². The fourth-order valence-corrected chi connectivity index (χ4v) is 3.06. The van der Waals surface area contributed by atoms with Crippen LogP contribution in [0.3, 0.4) is 0 Å². The van der Waals surface area contributed by atoms with E-state index in [1.54, 1.807) is 11.1 Å². The van der Waals surface area contributed by atoms with Crippen molar-refractivity contribution in [2.24, 2.45) is 13.0 Å². The molecule has 1 saturated heterocycles. The summed E-state index contributed by atoms with van der Waals surface area (Å²) in [5.41, 5.74) is 0. The van der Waals surface area contributed by atoms with Crippen LogP contribution in [0.15, 0.2) is 12.4 Å². The molecular weight excluding hydrogens is 268 g/mol. The standard InChI is InChI=1S/C15H22N4O2/c1-3-11-15(21)19(8-6-12-16-7-9-18(12)2)13(10-4-5-10)14(20)17-11/h7,9-11,13H,3-6,8H2,1-2H3,(H,17,20). The number of nitrogens with one attached hydrogen (secondary N) is 1. The van der Waals surface area contributed by atoms with Crippen molar-refractivity contribution in [2.75, 3.05) is 6.54 Å². The summed E-state index contributed by atoms with van der Waals surface area (Å²) in [6, 6.07) is -0.644. The smallest absolute Gasteiger partial charge is 0.245 e. The van der Waals surface area contributed by atoms with Crippen LogP contribution in [-0.4, -0.2) is 44.9 Å². The third kappa shape index (κ3) is 2.66. The summed E-state index contributed by atoms with van der Waals surface area (Å²) in [7, 11) is 1.94. The average Bonchev–Trinajstić information content (AvgIpc) is 3.22. The number of imidazole rings is 1. The lowest BCUT2D eigenvalue weighted by Gasteiger charge is -2.39. The van der Waals surface area contributed by atoms with Crippen LogP contribution in [0.1, 0.15) is 32.0 Å². The summed E-state index contributed by atoms with van der Waals surface area (Å²) in [5.74, 6) is 1.36. The zero-order chi connectivity index (χ0) is 15.0. The van der Waals surface area contributed by atoms with Gasteiger partial charge >= 0.3 is 0 Å². The minimum Gasteiger partial charge on any atom is -0.343 e. The monoisotopic (exact) mass is 290 g/mol. The molecule has 2 heterocycles. The lowest BCUT2D eigenvalue weighted by molar-refractivity contribution is -0.150. The highest BCUT2D eigenvalue weighted by Crippen LogP contribution is 2.37. The summed E-state index contributed by atoms with van der Waals surface area (Å²) < 4.78 is 1.96. The molecule has 2 fully saturated rings. The zero-order valence-corrected chi connectivity index (χ0v) is 12.6. The first kappa shape index (κ1) is 14.1. The number of amides is 2. The number of piperazine rings is 1. The second kappa shape index (κ2) is 5.50. The van der Waals surface area contributed by atoms with Gasteiger partial charge in [-0.05, 0) is 25.2 Å². The Bertz CT molecular complexity index is 550. The van der Waals surface area contributed by atoms with Gasteiger partial charge in [-0.1, -0.05) is 6.92 Å². The highest BCUT2D eigenvalue weighted by Gasteiger charge is 2.47. The Morgan fingerprint density at radius 2 is 2.14 bits per heavy atom. The van der Waals surface area contributed by atoms with Crippen molar-refractivity contribution in [3.63, 3.8) is 0 Å². The molecule has 2 unspecified atom stereocenters. The Hall–Kier alpha value is -1.85. The maximum absolute atomic E-state index is 12.6. The van der Waals surface area contributed by atoms with Crippen molar-refractivity contribution in [1.82, 2.24) is 19.8 Å². The Kier molecular flexibility index (Phi) is 3.69. The van der Waals surface area contributed by atoms with Gasteiger partial charge in [-0.2, -0.15) is 0 Å². The molecule has 2 amide bonds. The SMILES string of the molecule is CCC1NC(=O)C(C2CC2)N(CCc2nccn2C)C1=O. The molecule has 2 aliphatic rings. The third-order valence-corrected chi connectivity index (χ3v) is 4.48. The maximum Gasteiger partial charge on any atom is 0.245 e. The summed E-state index contributed by atoms with van der Waals surface area (Å²) in [5, 5.41) is 2.87. The van der Waals surface area contributed by atoms with Crippen molar-refractivity contribution in [2.45, 2.75) is 44.7 Å². The molecular formula is C15H22N4O2. The van der Waals surface area contributed by atoms with E-state index in [2.05, 4.69) is 10.3 Å². The van der Waals surface area contributed by atoms with Crippen LogP contribution in [0.25, 0.3) is 0 Å². The summed E-state index contributed by atoms with van der Waals surface area (Å²) in [4.78, 5) is 31.0. The van der Waals surface area contributed by atoms with E-state index in [0.29, 0.717) is 25.3 Å². The topological polar surface area (TPSA) is 67.2 Å². The molecule has 1 aromatic rings. The van der Waals surface area contributed by atoms with Crippen LogP contribution in [0.5, 0.6) is 0 Å². The predicted octanol–water partition coefficient (Wildman–Crippen LogP) is 0.478. The van der Waals surface area contributed by atoms with Crippen LogP contribution >= 0.6 is 0 Å². The van der Waals surface area contributed by atoms with Crippen LogP contribution < -0.4 is 5.32 Å². The Morgan fingerprint density at radius 3 is 2.71 bits per heavy atom. The first-order chi connectivity index (χ1) is 10.1. The quantitative estimate of drug-likeness (QED) is 0.857. The Morgan fingerprint density at radius 1 is 1.38 bits per heavy atom. The van der Waals surface area contributed by atoms with Crippen molar-refractivity contribution in [3.05, 3.63) is 18.2 Å². The minimum atomic E-state index is -0.367. The second-order valence-electron chi connectivity index (χ2n) is 5.99. The number of hydrogen-bond acceptors (Lipinski definition) is 3. The fourth-order valence-electron chi connectivity index (χ4n) is 3.06. The normalized spacial score (nSPS) is 26.1. The van der Waals surface area contributed by atoms with Crippen LogP contribution in [0.4, 0.5) is 0 Å². The molecule has 1 aliphatic carbocycles. The van der Waals surface area contributed by atoms with Gasteiger partial charge < -0.3 is 14.8 Å². The van der Waals surface area contributed by atoms with E-state index in [4.69, 9.17) is 0 Å². The molecule has 3 rings (SSSR count). The van der Waals surface area contributed by atoms with Crippen LogP contribution in [0, 0.1) is 5.92 Å². The van der Waals surface area contributed by atoms with Crippen molar-refractivity contribution in [3.8, 4) is 0 Å². The second-order valence-corrected chi connectivity index (χ2v) is 5.99. The van der Waals surface area contributed by atoms with E-state index >= 15 is 0 Å². The molecule has 0 bridgehead atoms. The molecule has 1 aromatic heterocycles. The van der Waals surface area contributed by atoms with Gasteiger partial charge in [0.15, 0.2) is 0 Å². The maximum atomic E-state index is 12.6. The number of aryl methyl sites for hydroxylation is 1. The Labute approximate surface area is 124 Å². The van der Waals surface area contributed by atoms with Gasteiger partial charge in [0, 0.05) is 32.4 Å². The molecule has 0 aromatic carbocycles. The number of aromatic nitrogens is 2. The molecule has 21 heavy (non-hydrogen) atoms. The van der Waals surface area contributed by atoms with Gasteiger partial charge in [0.25, 0.3) is 0 Å². The summed E-state index contributed by atoms with van der Waals surface area (Å²) in [6.45, 7) is 2.49. The zero-order valence-electron chi connectivity index (χ0n) is 12.6. The Balaban J connectivity index is 1.75. The number of hydrogen-bond donors (Lipinski definition) is 1. The molecule has 6 nitrogen and oxygen atoms in total. The number of nitrogens with zero attached hydrogens (tertiary/aromatic N) is 3. The van der Waals surface area contributed by atoms with E-state index in [1.807, 2.05) is 24.7 Å². The van der Waals surface area contributed by atoms with E-state index in [1.165, 1.54) is 0 Å². The molecule has 114 valence electrons. The van der Waals surface area contributed by atoms with E-state index in [0.717, 1.165) is 18.7 Å². The van der Waals surface area contributed by atoms with Gasteiger partial charge in [-0.3, -0.25) is 9.59 Å². The fraction of sp³-hybridized carbons (Fsp3) is 0.667. The molecule has 0 spiro atoms. The van der Waals surface area contributed by atoms with Gasteiger partial charge in [0.1, 0.15) is 17.9 Å². The predicted molar refractivity (Wildman–Crippen MR) is 77.4 cm³/mol. The van der Waals surface area contributed by atoms with Gasteiger partial charge in [0.05, 0.1) is 0 Å². The van der Waals surface area contributed by atoms with Gasteiger partial charge in [-0.25, -0.2) is 4.98 Å². The average molecular weight is 290 g/mol. The number of carbonyl (C=O) groups is 2. The van der Waals surface area contributed by atoms with Gasteiger partial charge in [-0.15, -0.1) is 0 Å². The lowest BCUT2D eigenvalue weighted by atomic mass is 10.0. The molecule has 2 atom stereocenters. The van der Waals surface area contributed by atoms with Crippen molar-refractivity contribution in [1.29, 1.82) is 0 Å². The van der Waals surface area contributed by atoms with Crippen molar-refractivity contribution >= 4 is 11.8 Å². The lowest BCUT2D eigenvalue weighted by Crippen LogP contribution is -2.64. The summed E-state index contributed by atoms with van der Waals surface area (Å²) in [6.07, 6.45) is 7.06. The highest BCUT2D eigenvalue weighted by molar-refractivity contribution is 5.97. The largest absolute Gasteiger partial charge is 0.343 e. The van der Waals surface area contributed by atoms with E-state index < -0.39 is 0 Å². The highest BCUT2D eigenvalue weighted by atomic mass is 16.2. The number of carbonyl (C=O) groups excluding carboxylic acids is 2. The van der Waals surface area contributed by atoms with Gasteiger partial charge in [0.2, 0.25) is 11.8 Å². The summed E-state index contributed by atoms with van der Waals surface area (Å²) >= 11 is 0. The molecule has 1 N–H and O–H groups in total. The molecule has 1 aliphatic heterocycles. The minimum absolute atomic E-state index is 0.0174. The van der Waals surface area contributed by atoms with E-state index in [9.17, 15) is 9.59 Å². The molecule has 6 heteroatoms. The number of rotatable bonds is 5. The van der Waals surface area contributed by atoms with Crippen LogP contribution in [0.2, 0.25) is 0 Å². The van der Waals surface area contributed by atoms with E-state index in [-0.39, 0.29) is 23.9 Å². The first-order valence-electron chi connectivity index (χ1n) is 7.69. The van der Waals surface area contributed by atoms with Crippen LogP contribution in [-0.2, 0) is 23.1 Å².